The first-order valence-electron chi connectivity index (χ1n) is 4.81. The maximum absolute atomic E-state index is 13.6. The van der Waals surface area contributed by atoms with Gasteiger partial charge in [0.2, 0.25) is 0 Å². The molecule has 3 rings (SSSR count). The fourth-order valence-electron chi connectivity index (χ4n) is 2.05. The lowest BCUT2D eigenvalue weighted by atomic mass is 10.1. The summed E-state index contributed by atoms with van der Waals surface area (Å²) in [6.07, 6.45) is 0. The van der Waals surface area contributed by atoms with Crippen molar-refractivity contribution < 1.29 is 13.6 Å². The van der Waals surface area contributed by atoms with E-state index in [0.29, 0.717) is 11.1 Å². The van der Waals surface area contributed by atoms with Gasteiger partial charge in [0.25, 0.3) is 0 Å². The predicted octanol–water partition coefficient (Wildman–Crippen LogP) is 3.18. The molecule has 0 N–H and O–H groups in total. The molecular formula is C13H6F2O. The van der Waals surface area contributed by atoms with Crippen molar-refractivity contribution in [3.63, 3.8) is 0 Å². The maximum atomic E-state index is 13.6. The van der Waals surface area contributed by atoms with Crippen LogP contribution < -0.4 is 0 Å². The molecule has 0 amide bonds. The Hall–Kier alpha value is -2.03. The van der Waals surface area contributed by atoms with Crippen molar-refractivity contribution >= 4 is 5.78 Å². The number of carbonyl (C=O) groups excluding carboxylic acids is 1. The Morgan fingerprint density at radius 3 is 2.50 bits per heavy atom. The van der Waals surface area contributed by atoms with Gasteiger partial charge in [-0.15, -0.1) is 0 Å². The Bertz CT molecular complexity index is 617. The van der Waals surface area contributed by atoms with Crippen LogP contribution in [0.2, 0.25) is 0 Å². The summed E-state index contributed by atoms with van der Waals surface area (Å²) in [5.74, 6) is -1.25. The fourth-order valence-corrected chi connectivity index (χ4v) is 2.05. The van der Waals surface area contributed by atoms with E-state index >= 15 is 0 Å². The highest BCUT2D eigenvalue weighted by molar-refractivity contribution is 6.21. The molecule has 0 fully saturated rings. The third kappa shape index (κ3) is 1.05. The molecule has 2 aromatic carbocycles. The van der Waals surface area contributed by atoms with Crippen molar-refractivity contribution in [1.29, 1.82) is 0 Å². The Balaban J connectivity index is 2.41. The molecule has 0 aromatic heterocycles. The minimum atomic E-state index is -0.486. The lowest BCUT2D eigenvalue weighted by Gasteiger charge is -2.00. The zero-order valence-electron chi connectivity index (χ0n) is 8.13. The lowest BCUT2D eigenvalue weighted by Crippen LogP contribution is -1.95. The van der Waals surface area contributed by atoms with Gasteiger partial charge in [0.05, 0.1) is 0 Å². The van der Waals surface area contributed by atoms with Crippen LogP contribution >= 0.6 is 0 Å². The summed E-state index contributed by atoms with van der Waals surface area (Å²) in [7, 11) is 0. The molecule has 0 saturated heterocycles. The van der Waals surface area contributed by atoms with Crippen LogP contribution in [-0.4, -0.2) is 5.78 Å². The number of hydrogen-bond acceptors (Lipinski definition) is 1. The topological polar surface area (TPSA) is 17.1 Å². The van der Waals surface area contributed by atoms with Crippen LogP contribution in [0.25, 0.3) is 11.1 Å². The van der Waals surface area contributed by atoms with Gasteiger partial charge in [-0.25, -0.2) is 8.78 Å². The normalized spacial score (nSPS) is 12.5. The van der Waals surface area contributed by atoms with Gasteiger partial charge in [0.15, 0.2) is 5.78 Å². The second kappa shape index (κ2) is 2.98. The third-order valence-corrected chi connectivity index (χ3v) is 2.75. The number of rotatable bonds is 0. The van der Waals surface area contributed by atoms with Crippen LogP contribution in [-0.2, 0) is 0 Å². The quantitative estimate of drug-likeness (QED) is 0.564. The molecule has 0 aliphatic heterocycles. The minimum Gasteiger partial charge on any atom is -0.289 e. The number of fused-ring (bicyclic) bond motifs is 3. The number of carbonyl (C=O) groups is 1. The van der Waals surface area contributed by atoms with Gasteiger partial charge in [-0.05, 0) is 23.8 Å². The number of hydrogen-bond donors (Lipinski definition) is 0. The standard InChI is InChI=1S/C13H6F2O/c14-7-4-5-8-10(6-7)13(16)9-2-1-3-11(15)12(8)9/h1-6H. The molecule has 0 heterocycles. The molecule has 0 spiro atoms. The van der Waals surface area contributed by atoms with Gasteiger partial charge in [0.1, 0.15) is 11.6 Å². The first kappa shape index (κ1) is 9.21. The second-order valence-electron chi connectivity index (χ2n) is 3.68. The van der Waals surface area contributed by atoms with E-state index in [4.69, 9.17) is 0 Å². The van der Waals surface area contributed by atoms with Gasteiger partial charge in [-0.3, -0.25) is 4.79 Å². The molecule has 1 nitrogen and oxygen atoms in total. The van der Waals surface area contributed by atoms with Crippen molar-refractivity contribution in [2.75, 3.05) is 0 Å². The summed E-state index contributed by atoms with van der Waals surface area (Å²) in [6, 6.07) is 8.15. The average molecular weight is 216 g/mol. The minimum absolute atomic E-state index is 0.236. The van der Waals surface area contributed by atoms with Crippen molar-refractivity contribution in [3.8, 4) is 11.1 Å². The second-order valence-corrected chi connectivity index (χ2v) is 3.68. The molecule has 78 valence electrons. The van der Waals surface area contributed by atoms with Crippen molar-refractivity contribution in [2.45, 2.75) is 0 Å². The van der Waals surface area contributed by atoms with Crippen LogP contribution in [0, 0.1) is 11.6 Å². The van der Waals surface area contributed by atoms with E-state index in [1.165, 1.54) is 24.3 Å². The summed E-state index contributed by atoms with van der Waals surface area (Å²) in [4.78, 5) is 11.9. The first-order chi connectivity index (χ1) is 7.68. The lowest BCUT2D eigenvalue weighted by molar-refractivity contribution is 0.104. The summed E-state index contributed by atoms with van der Waals surface area (Å²) in [5, 5.41) is 0. The highest BCUT2D eigenvalue weighted by Crippen LogP contribution is 2.38. The Kier molecular flexibility index (Phi) is 1.72. The zero-order chi connectivity index (χ0) is 11.3. The fraction of sp³-hybridized carbons (Fsp3) is 0. The summed E-state index contributed by atoms with van der Waals surface area (Å²) in [6.45, 7) is 0. The van der Waals surface area contributed by atoms with Gasteiger partial charge < -0.3 is 0 Å². The van der Waals surface area contributed by atoms with Crippen LogP contribution in [0.3, 0.4) is 0 Å². The van der Waals surface area contributed by atoms with E-state index < -0.39 is 11.6 Å². The molecule has 1 aliphatic rings. The molecule has 2 aromatic rings. The van der Waals surface area contributed by atoms with E-state index in [9.17, 15) is 13.6 Å². The Morgan fingerprint density at radius 2 is 1.69 bits per heavy atom. The molecule has 0 saturated carbocycles. The van der Waals surface area contributed by atoms with Crippen LogP contribution in [0.1, 0.15) is 15.9 Å². The average Bonchev–Trinajstić information content (AvgIpc) is 2.55. The zero-order valence-corrected chi connectivity index (χ0v) is 8.13. The maximum Gasteiger partial charge on any atom is 0.194 e. The van der Waals surface area contributed by atoms with E-state index in [2.05, 4.69) is 0 Å². The number of halogens is 2. The smallest absolute Gasteiger partial charge is 0.194 e. The number of benzene rings is 2. The molecule has 3 heteroatoms. The molecule has 0 radical (unpaired) electrons. The van der Waals surface area contributed by atoms with E-state index in [-0.39, 0.29) is 16.9 Å². The molecule has 0 bridgehead atoms. The van der Waals surface area contributed by atoms with E-state index in [0.717, 1.165) is 6.07 Å². The monoisotopic (exact) mass is 216 g/mol. The summed E-state index contributed by atoms with van der Waals surface area (Å²) < 4.78 is 26.6. The molecule has 1 aliphatic carbocycles. The largest absolute Gasteiger partial charge is 0.289 e. The highest BCUT2D eigenvalue weighted by atomic mass is 19.1. The summed E-state index contributed by atoms with van der Waals surface area (Å²) >= 11 is 0. The van der Waals surface area contributed by atoms with E-state index in [1.54, 1.807) is 6.07 Å². The van der Waals surface area contributed by atoms with Gasteiger partial charge in [-0.2, -0.15) is 0 Å². The SMILES string of the molecule is O=C1c2cc(F)ccc2-c2c(F)cccc21. The van der Waals surface area contributed by atoms with Crippen molar-refractivity contribution in [3.05, 3.63) is 59.2 Å². The van der Waals surface area contributed by atoms with Gasteiger partial charge in [-0.1, -0.05) is 18.2 Å². The van der Waals surface area contributed by atoms with Crippen molar-refractivity contribution in [2.24, 2.45) is 0 Å². The molecule has 16 heavy (non-hydrogen) atoms. The first-order valence-corrected chi connectivity index (χ1v) is 4.81. The molecular weight excluding hydrogens is 210 g/mol. The molecule has 0 unspecified atom stereocenters. The van der Waals surface area contributed by atoms with Crippen LogP contribution in [0.5, 0.6) is 0 Å². The van der Waals surface area contributed by atoms with Crippen LogP contribution in [0.4, 0.5) is 8.78 Å². The predicted molar refractivity (Wildman–Crippen MR) is 55.2 cm³/mol. The Morgan fingerprint density at radius 1 is 0.875 bits per heavy atom. The summed E-state index contributed by atoms with van der Waals surface area (Å²) in [5.41, 5.74) is 1.29. The van der Waals surface area contributed by atoms with Crippen LogP contribution in [0.15, 0.2) is 36.4 Å². The molecule has 0 atom stereocenters. The van der Waals surface area contributed by atoms with E-state index in [1.807, 2.05) is 0 Å². The third-order valence-electron chi connectivity index (χ3n) is 2.75. The number of ketones is 1. The Labute approximate surface area is 90.3 Å². The van der Waals surface area contributed by atoms with Gasteiger partial charge in [0, 0.05) is 16.7 Å². The van der Waals surface area contributed by atoms with Gasteiger partial charge >= 0.3 is 0 Å². The van der Waals surface area contributed by atoms with Crippen molar-refractivity contribution in [1.82, 2.24) is 0 Å². The highest BCUT2D eigenvalue weighted by Gasteiger charge is 2.29.